The van der Waals surface area contributed by atoms with E-state index >= 15 is 0 Å². The third kappa shape index (κ3) is 3.80. The molecule has 3 heterocycles. The molecule has 0 amide bonds. The number of nitro groups is 1. The van der Waals surface area contributed by atoms with Gasteiger partial charge in [-0.25, -0.2) is 14.2 Å². The van der Waals surface area contributed by atoms with E-state index in [9.17, 15) is 14.9 Å². The number of aromatic nitrogens is 3. The largest absolute Gasteiger partial charge is 1.00 e. The highest BCUT2D eigenvalue weighted by Crippen LogP contribution is 2.22. The minimum absolute atomic E-state index is 0. The molecule has 5 rings (SSSR count). The molecule has 0 radical (unpaired) electrons. The van der Waals surface area contributed by atoms with Crippen molar-refractivity contribution < 1.29 is 21.9 Å². The fourth-order valence-corrected chi connectivity index (χ4v) is 4.11. The minimum Gasteiger partial charge on any atom is -1.00 e. The summed E-state index contributed by atoms with van der Waals surface area (Å²) in [4.78, 5) is 28.8. The molecule has 2 aromatic heterocycles. The van der Waals surface area contributed by atoms with Crippen LogP contribution in [0.5, 0.6) is 0 Å². The Morgan fingerprint density at radius 2 is 1.75 bits per heavy atom. The van der Waals surface area contributed by atoms with Gasteiger partial charge in [0.25, 0.3) is 11.2 Å². The van der Waals surface area contributed by atoms with Gasteiger partial charge in [-0.1, -0.05) is 24.6 Å². The summed E-state index contributed by atoms with van der Waals surface area (Å²) in [6.07, 6.45) is 5.86. The number of halogens is 1. The lowest BCUT2D eigenvalue weighted by Gasteiger charge is -2.04. The maximum absolute atomic E-state index is 13.5. The zero-order valence-electron chi connectivity index (χ0n) is 17.2. The van der Waals surface area contributed by atoms with Crippen molar-refractivity contribution >= 4 is 17.0 Å². The maximum Gasteiger partial charge on any atom is 0.283 e. The molecule has 2 aromatic carbocycles. The number of imidazole rings is 1. The highest BCUT2D eigenvalue weighted by molar-refractivity contribution is 5.66. The number of hydrogen-bond donors (Lipinski definition) is 1. The molecule has 4 aromatic rings. The molecular formula is C23H21BrN5O3-. The first-order chi connectivity index (χ1) is 15.1. The second-order valence-corrected chi connectivity index (χ2v) is 7.64. The van der Waals surface area contributed by atoms with Crippen LogP contribution in [-0.2, 0) is 0 Å². The average Bonchev–Trinajstić information content (AvgIpc) is 3.18. The molecule has 0 saturated carbocycles. The summed E-state index contributed by atoms with van der Waals surface area (Å²) in [5.74, 6) is 0. The fourth-order valence-electron chi connectivity index (χ4n) is 4.11. The highest BCUT2D eigenvalue weighted by Gasteiger charge is 2.19. The molecule has 1 fully saturated rings. The number of fused-ring (bicyclic) bond motifs is 1. The lowest BCUT2D eigenvalue weighted by Crippen LogP contribution is -3.00. The van der Waals surface area contributed by atoms with E-state index in [4.69, 9.17) is 4.98 Å². The van der Waals surface area contributed by atoms with E-state index in [-0.39, 0.29) is 28.2 Å². The van der Waals surface area contributed by atoms with Crippen LogP contribution in [0, 0.1) is 10.1 Å². The molecule has 9 heteroatoms. The number of benzene rings is 2. The van der Waals surface area contributed by atoms with Gasteiger partial charge in [-0.15, -0.1) is 0 Å². The monoisotopic (exact) mass is 494 g/mol. The first-order valence-corrected chi connectivity index (χ1v) is 10.3. The smallest absolute Gasteiger partial charge is 0.283 e. The summed E-state index contributed by atoms with van der Waals surface area (Å²) in [5, 5.41) is 15.0. The second-order valence-electron chi connectivity index (χ2n) is 7.64. The van der Waals surface area contributed by atoms with Crippen LogP contribution in [-0.4, -0.2) is 25.6 Å². The van der Waals surface area contributed by atoms with Gasteiger partial charge < -0.3 is 22.3 Å². The van der Waals surface area contributed by atoms with Gasteiger partial charge >= 0.3 is 0 Å². The molecule has 0 aliphatic carbocycles. The van der Waals surface area contributed by atoms with Crippen molar-refractivity contribution in [3.05, 3.63) is 86.5 Å². The van der Waals surface area contributed by atoms with Crippen molar-refractivity contribution in [3.63, 3.8) is 0 Å². The van der Waals surface area contributed by atoms with E-state index in [1.807, 2.05) is 36.5 Å². The van der Waals surface area contributed by atoms with Gasteiger partial charge in [-0.3, -0.25) is 14.9 Å². The van der Waals surface area contributed by atoms with Crippen LogP contribution in [0.25, 0.3) is 28.3 Å². The first kappa shape index (κ1) is 21.8. The topological polar surface area (TPSA) is 94.5 Å². The summed E-state index contributed by atoms with van der Waals surface area (Å²) in [5.41, 5.74) is 3.62. The number of nitrogens with zero attached hydrogens (tertiary/aromatic N) is 4. The van der Waals surface area contributed by atoms with Crippen LogP contribution in [0.3, 0.4) is 0 Å². The van der Waals surface area contributed by atoms with E-state index in [1.165, 1.54) is 12.1 Å². The molecule has 32 heavy (non-hydrogen) atoms. The van der Waals surface area contributed by atoms with Gasteiger partial charge in [-0.05, 0) is 43.5 Å². The minimum atomic E-state index is -0.424. The Morgan fingerprint density at radius 1 is 1.00 bits per heavy atom. The Bertz CT molecular complexity index is 1370. The Kier molecular flexibility index (Phi) is 6.09. The van der Waals surface area contributed by atoms with Gasteiger partial charge in [0.1, 0.15) is 5.22 Å². The second kappa shape index (κ2) is 8.96. The number of rotatable bonds is 3. The quantitative estimate of drug-likeness (QED) is 0.321. The van der Waals surface area contributed by atoms with E-state index in [0.717, 1.165) is 49.2 Å². The van der Waals surface area contributed by atoms with E-state index in [1.54, 1.807) is 21.3 Å². The van der Waals surface area contributed by atoms with Crippen LogP contribution in [0.4, 0.5) is 5.69 Å². The van der Waals surface area contributed by atoms with E-state index in [0.29, 0.717) is 16.6 Å². The Balaban J connectivity index is 0.00000245. The van der Waals surface area contributed by atoms with Crippen molar-refractivity contribution in [2.45, 2.75) is 25.7 Å². The Hall–Kier alpha value is -3.46. The highest BCUT2D eigenvalue weighted by atomic mass is 79.9. The normalized spacial score (nSPS) is 15.6. The van der Waals surface area contributed by atoms with Gasteiger partial charge in [0.2, 0.25) is 0 Å². The molecule has 0 bridgehead atoms. The lowest BCUT2D eigenvalue weighted by atomic mass is 10.1. The predicted molar refractivity (Wildman–Crippen MR) is 118 cm³/mol. The molecule has 164 valence electrons. The lowest BCUT2D eigenvalue weighted by molar-refractivity contribution is -0.384. The Labute approximate surface area is 194 Å². The first-order valence-electron chi connectivity index (χ1n) is 10.3. The van der Waals surface area contributed by atoms with Crippen LogP contribution >= 0.6 is 0 Å². The number of nitro benzene ring substituents is 1. The molecular weight excluding hydrogens is 474 g/mol. The van der Waals surface area contributed by atoms with Crippen LogP contribution < -0.4 is 33.1 Å². The number of nitrogens with one attached hydrogen (secondary N) is 1. The maximum atomic E-state index is 13.5. The number of hydrogen-bond acceptors (Lipinski definition) is 5. The number of para-hydroxylation sites is 1. The van der Waals surface area contributed by atoms with E-state index in [2.05, 4.69) is 5.32 Å². The SMILES string of the molecule is O=c1/c(=C2/CCCCCN2)c2nc(-c3ccc([N+](=O)[O-])cc3)cn2n1-c1ccccc1.[Br-]. The van der Waals surface area contributed by atoms with Crippen molar-refractivity contribution in [3.8, 4) is 16.9 Å². The molecule has 0 unspecified atom stereocenters. The summed E-state index contributed by atoms with van der Waals surface area (Å²) < 4.78 is 3.41. The molecule has 1 aliphatic heterocycles. The molecule has 1 aliphatic rings. The summed E-state index contributed by atoms with van der Waals surface area (Å²) in [6, 6.07) is 15.8. The van der Waals surface area contributed by atoms with Crippen molar-refractivity contribution in [1.82, 2.24) is 19.5 Å². The molecule has 8 nitrogen and oxygen atoms in total. The fraction of sp³-hybridized carbons (Fsp3) is 0.217. The van der Waals surface area contributed by atoms with E-state index < -0.39 is 4.92 Å². The van der Waals surface area contributed by atoms with Crippen LogP contribution in [0.1, 0.15) is 25.7 Å². The van der Waals surface area contributed by atoms with Gasteiger partial charge in [0, 0.05) is 29.9 Å². The molecule has 1 N–H and O–H groups in total. The average molecular weight is 495 g/mol. The Morgan fingerprint density at radius 3 is 2.47 bits per heavy atom. The summed E-state index contributed by atoms with van der Waals surface area (Å²) in [7, 11) is 0. The standard InChI is InChI=1S/C23H21N5O3.BrH/c29-23-21(19-9-5-2-6-14-24-19)22-25-20(16-10-12-18(13-11-16)28(30)31)15-26(22)27(23)17-7-3-1-4-8-17;/h1,3-4,7-8,10-13,15,24H,2,5-6,9,14H2;1H/p-1/b21-19-;. The van der Waals surface area contributed by atoms with Crippen LogP contribution in [0.2, 0.25) is 0 Å². The predicted octanol–water partition coefficient (Wildman–Crippen LogP) is 0.0551. The van der Waals surface area contributed by atoms with Gasteiger partial charge in [0.05, 0.1) is 22.5 Å². The molecule has 1 saturated heterocycles. The third-order valence-electron chi connectivity index (χ3n) is 5.65. The zero-order valence-corrected chi connectivity index (χ0v) is 18.8. The van der Waals surface area contributed by atoms with Crippen molar-refractivity contribution in [2.24, 2.45) is 0 Å². The summed E-state index contributed by atoms with van der Waals surface area (Å²) in [6.45, 7) is 0.841. The number of non-ortho nitro benzene ring substituents is 1. The zero-order chi connectivity index (χ0) is 21.4. The van der Waals surface area contributed by atoms with Crippen LogP contribution in [0.15, 0.2) is 65.6 Å². The van der Waals surface area contributed by atoms with Crippen molar-refractivity contribution in [2.75, 3.05) is 6.54 Å². The van der Waals surface area contributed by atoms with Gasteiger partial charge in [0.15, 0.2) is 5.65 Å². The van der Waals surface area contributed by atoms with Crippen molar-refractivity contribution in [1.29, 1.82) is 0 Å². The third-order valence-corrected chi connectivity index (χ3v) is 5.65. The van der Waals surface area contributed by atoms with Gasteiger partial charge in [-0.2, -0.15) is 0 Å². The molecule has 0 atom stereocenters. The molecule has 0 spiro atoms. The summed E-state index contributed by atoms with van der Waals surface area (Å²) >= 11 is 0.